The van der Waals surface area contributed by atoms with Gasteiger partial charge in [0.15, 0.2) is 0 Å². The number of hydrogen-bond donors (Lipinski definition) is 2. The molecule has 2 aliphatic carbocycles. The highest BCUT2D eigenvalue weighted by Gasteiger charge is 2.78. The van der Waals surface area contributed by atoms with Crippen molar-refractivity contribution in [2.45, 2.75) is 77.3 Å². The number of imidazole rings is 1. The van der Waals surface area contributed by atoms with Crippen LogP contribution in [-0.2, 0) is 18.8 Å². The van der Waals surface area contributed by atoms with Crippen molar-refractivity contribution in [3.05, 3.63) is 60.1 Å². The lowest BCUT2D eigenvalue weighted by molar-refractivity contribution is -0.136. The number of hydrogen-bond acceptors (Lipinski definition) is 6. The fourth-order valence-corrected chi connectivity index (χ4v) is 6.57. The van der Waals surface area contributed by atoms with Crippen molar-refractivity contribution in [3.63, 3.8) is 0 Å². The molecule has 1 spiro atoms. The molecule has 9 nitrogen and oxygen atoms in total. The Morgan fingerprint density at radius 2 is 1.79 bits per heavy atom. The van der Waals surface area contributed by atoms with Crippen LogP contribution in [0.15, 0.2) is 54.2 Å². The fourth-order valence-electron chi connectivity index (χ4n) is 6.57. The monoisotopic (exact) mass is 568 g/mol. The Bertz CT molecular complexity index is 1650. The second-order valence-electron chi connectivity index (χ2n) is 13.5. The maximum atomic E-state index is 13.8. The van der Waals surface area contributed by atoms with Gasteiger partial charge in [0.25, 0.3) is 0 Å². The minimum absolute atomic E-state index is 0.0257. The number of aromatic nitrogens is 2. The highest BCUT2D eigenvalue weighted by atomic mass is 16.7. The summed E-state index contributed by atoms with van der Waals surface area (Å²) in [6.45, 7) is 12.1. The zero-order chi connectivity index (χ0) is 29.8. The third-order valence-corrected chi connectivity index (χ3v) is 9.97. The lowest BCUT2D eigenvalue weighted by atomic mass is 9.78. The number of aromatic amines is 1. The lowest BCUT2D eigenvalue weighted by Crippen LogP contribution is -2.52. The molecule has 4 aliphatic rings. The van der Waals surface area contributed by atoms with Gasteiger partial charge in [-0.15, -0.1) is 0 Å². The molecular formula is C32H37BN4O5. The minimum atomic E-state index is -0.673. The number of rotatable bonds is 6. The van der Waals surface area contributed by atoms with Crippen molar-refractivity contribution < 1.29 is 23.6 Å². The van der Waals surface area contributed by atoms with Gasteiger partial charge in [0.05, 0.1) is 42.3 Å². The molecule has 2 N–H and O–H groups in total. The Morgan fingerprint density at radius 1 is 1.10 bits per heavy atom. The van der Waals surface area contributed by atoms with Crippen molar-refractivity contribution in [2.75, 3.05) is 7.11 Å². The maximum Gasteiger partial charge on any atom is 0.494 e. The minimum Gasteiger partial charge on any atom is -0.453 e. The largest absolute Gasteiger partial charge is 0.494 e. The Balaban J connectivity index is 1.13. The molecule has 7 rings (SSSR count). The SMILES string of the molecule is COC(=O)N[C@H](C(=O)N1[C@H](c2ncc(-c3ccc4cc(B5OC(C)(C)C(C)(C)O5)ccc4c3)[nH]2)C[C@]23C=C2[C@@H]13)C(C)C. The Morgan fingerprint density at radius 3 is 2.45 bits per heavy atom. The van der Waals surface area contributed by atoms with Gasteiger partial charge in [0.2, 0.25) is 5.91 Å². The molecule has 0 unspecified atom stereocenters. The highest BCUT2D eigenvalue weighted by molar-refractivity contribution is 6.62. The highest BCUT2D eigenvalue weighted by Crippen LogP contribution is 2.78. The molecule has 0 radical (unpaired) electrons. The standard InChI is InChI=1S/C32H37BN4O5/c1-17(2)25(36-29(39)40-7)28(38)37-24(15-32-14-22(32)26(32)37)27-34-16-23(35-27)20-9-8-19-13-21(11-10-18(19)12-20)33-41-30(3,4)31(5,6)42-33/h8-14,16-17,24-26H,15H2,1-7H3,(H,34,35)(H,36,39)/t24-,25-,26+,32+/m0/s1. The number of methoxy groups -OCH3 is 1. The van der Waals surface area contributed by atoms with Crippen molar-refractivity contribution in [2.24, 2.45) is 11.3 Å². The topological polar surface area (TPSA) is 106 Å². The molecule has 3 aromatic rings. The molecule has 218 valence electrons. The third-order valence-electron chi connectivity index (χ3n) is 9.97. The van der Waals surface area contributed by atoms with E-state index in [1.807, 2.05) is 24.9 Å². The van der Waals surface area contributed by atoms with E-state index in [1.165, 1.54) is 12.7 Å². The first kappa shape index (κ1) is 27.2. The Hall–Kier alpha value is -3.63. The van der Waals surface area contributed by atoms with Gasteiger partial charge >= 0.3 is 13.2 Å². The second-order valence-corrected chi connectivity index (χ2v) is 13.5. The third kappa shape index (κ3) is 4.02. The number of nitrogens with one attached hydrogen (secondary N) is 2. The van der Waals surface area contributed by atoms with E-state index in [4.69, 9.17) is 19.0 Å². The smallest absolute Gasteiger partial charge is 0.453 e. The van der Waals surface area contributed by atoms with E-state index in [1.54, 1.807) is 0 Å². The van der Waals surface area contributed by atoms with Gasteiger partial charge in [-0.05, 0) is 67.9 Å². The molecule has 4 atom stereocenters. The van der Waals surface area contributed by atoms with Gasteiger partial charge in [0.1, 0.15) is 11.9 Å². The number of amides is 2. The van der Waals surface area contributed by atoms with Crippen LogP contribution in [0.5, 0.6) is 0 Å². The second kappa shape index (κ2) is 8.94. The molecule has 2 aliphatic heterocycles. The van der Waals surface area contributed by atoms with Crippen LogP contribution in [0, 0.1) is 11.3 Å². The summed E-state index contributed by atoms with van der Waals surface area (Å²) in [7, 11) is 0.901. The van der Waals surface area contributed by atoms with E-state index < -0.39 is 19.3 Å². The van der Waals surface area contributed by atoms with E-state index in [0.717, 1.165) is 39.7 Å². The van der Waals surface area contributed by atoms with Crippen LogP contribution in [0.4, 0.5) is 4.79 Å². The molecule has 0 bridgehead atoms. The first-order chi connectivity index (χ1) is 19.8. The number of nitrogens with zero attached hydrogens (tertiary/aromatic N) is 2. The Kier molecular flexibility index (Phi) is 5.79. The van der Waals surface area contributed by atoms with Crippen LogP contribution in [0.25, 0.3) is 22.0 Å². The molecule has 2 amide bonds. The number of likely N-dealkylation sites (tertiary alicyclic amines) is 1. The molecule has 2 saturated heterocycles. The lowest BCUT2D eigenvalue weighted by Gasteiger charge is -2.32. The first-order valence-corrected chi connectivity index (χ1v) is 14.7. The number of ether oxygens (including phenoxy) is 1. The van der Waals surface area contributed by atoms with Gasteiger partial charge in [-0.1, -0.05) is 50.3 Å². The van der Waals surface area contributed by atoms with E-state index in [-0.39, 0.29) is 40.5 Å². The molecule has 10 heteroatoms. The molecule has 2 aromatic carbocycles. The number of alkyl carbamates (subject to hydrolysis) is 1. The maximum absolute atomic E-state index is 13.8. The van der Waals surface area contributed by atoms with E-state index >= 15 is 0 Å². The summed E-state index contributed by atoms with van der Waals surface area (Å²) in [5.41, 5.74) is 3.48. The summed E-state index contributed by atoms with van der Waals surface area (Å²) >= 11 is 0. The Labute approximate surface area is 246 Å². The summed E-state index contributed by atoms with van der Waals surface area (Å²) in [5, 5.41) is 4.94. The van der Waals surface area contributed by atoms with Crippen molar-refractivity contribution in [1.29, 1.82) is 0 Å². The van der Waals surface area contributed by atoms with E-state index in [9.17, 15) is 9.59 Å². The van der Waals surface area contributed by atoms with E-state index in [2.05, 4.69) is 80.5 Å². The summed E-state index contributed by atoms with van der Waals surface area (Å²) in [4.78, 5) is 36.0. The summed E-state index contributed by atoms with van der Waals surface area (Å²) < 4.78 is 17.3. The summed E-state index contributed by atoms with van der Waals surface area (Å²) in [6, 6.07) is 11.8. The number of benzene rings is 2. The zero-order valence-corrected chi connectivity index (χ0v) is 25.1. The molecule has 1 aromatic heterocycles. The van der Waals surface area contributed by atoms with Crippen LogP contribution in [-0.4, -0.2) is 64.4 Å². The van der Waals surface area contributed by atoms with Crippen LogP contribution in [0.1, 0.15) is 59.8 Å². The van der Waals surface area contributed by atoms with Crippen LogP contribution in [0.2, 0.25) is 0 Å². The fraction of sp³-hybridized carbons (Fsp3) is 0.469. The summed E-state index contributed by atoms with van der Waals surface area (Å²) in [6.07, 6.45) is 4.30. The molecule has 3 fully saturated rings. The van der Waals surface area contributed by atoms with Gasteiger partial charge in [-0.2, -0.15) is 0 Å². The van der Waals surface area contributed by atoms with Gasteiger partial charge in [0, 0.05) is 11.0 Å². The van der Waals surface area contributed by atoms with Crippen molar-refractivity contribution >= 4 is 35.4 Å². The zero-order valence-electron chi connectivity index (χ0n) is 25.1. The van der Waals surface area contributed by atoms with Crippen LogP contribution >= 0.6 is 0 Å². The van der Waals surface area contributed by atoms with Gasteiger partial charge in [-0.25, -0.2) is 9.78 Å². The number of carbonyl (C=O) groups is 2. The summed E-state index contributed by atoms with van der Waals surface area (Å²) in [5.74, 6) is 0.570. The van der Waals surface area contributed by atoms with Crippen molar-refractivity contribution in [1.82, 2.24) is 20.2 Å². The van der Waals surface area contributed by atoms with Gasteiger partial charge < -0.3 is 29.2 Å². The van der Waals surface area contributed by atoms with Gasteiger partial charge in [-0.3, -0.25) is 4.79 Å². The normalized spacial score (nSPS) is 27.0. The molecule has 1 saturated carbocycles. The van der Waals surface area contributed by atoms with E-state index in [0.29, 0.717) is 0 Å². The van der Waals surface area contributed by atoms with Crippen LogP contribution in [0.3, 0.4) is 0 Å². The average molecular weight is 568 g/mol. The van der Waals surface area contributed by atoms with Crippen molar-refractivity contribution in [3.8, 4) is 11.3 Å². The first-order valence-electron chi connectivity index (χ1n) is 14.7. The quantitative estimate of drug-likeness (QED) is 0.336. The average Bonchev–Trinajstić information content (AvgIpc) is 3.60. The predicted molar refractivity (Wildman–Crippen MR) is 160 cm³/mol. The van der Waals surface area contributed by atoms with Crippen LogP contribution < -0.4 is 10.8 Å². The molecule has 42 heavy (non-hydrogen) atoms. The molecule has 3 heterocycles. The molecular weight excluding hydrogens is 531 g/mol. The predicted octanol–water partition coefficient (Wildman–Crippen LogP) is 4.49. The number of piperidine rings is 1. The number of H-pyrrole nitrogens is 1. The number of fused-ring (bicyclic) bond motifs is 2. The number of carbonyl (C=O) groups excluding carboxylic acids is 2.